The van der Waals surface area contributed by atoms with E-state index < -0.39 is 0 Å². The van der Waals surface area contributed by atoms with Gasteiger partial charge in [0.1, 0.15) is 18.2 Å². The molecule has 0 radical (unpaired) electrons. The van der Waals surface area contributed by atoms with E-state index in [2.05, 4.69) is 22.2 Å². The van der Waals surface area contributed by atoms with Gasteiger partial charge >= 0.3 is 0 Å². The number of aromatic nitrogens is 4. The van der Waals surface area contributed by atoms with Crippen LogP contribution < -0.4 is 5.32 Å². The third kappa shape index (κ3) is 4.47. The highest BCUT2D eigenvalue weighted by Crippen LogP contribution is 2.25. The second kappa shape index (κ2) is 8.92. The van der Waals surface area contributed by atoms with Crippen LogP contribution in [0.5, 0.6) is 0 Å². The number of anilines is 1. The Hall–Kier alpha value is -2.12. The summed E-state index contributed by atoms with van der Waals surface area (Å²) in [4.78, 5) is 18.8. The van der Waals surface area contributed by atoms with Crippen molar-refractivity contribution in [2.75, 3.05) is 32.2 Å². The molecule has 0 bridgehead atoms. The van der Waals surface area contributed by atoms with Gasteiger partial charge in [-0.25, -0.2) is 19.9 Å². The van der Waals surface area contributed by atoms with Crippen LogP contribution in [0.1, 0.15) is 59.5 Å². The lowest BCUT2D eigenvalue weighted by Gasteiger charge is -2.17. The lowest BCUT2D eigenvalue weighted by Crippen LogP contribution is -2.15. The molecular formula is C21H29N5O2. The summed E-state index contributed by atoms with van der Waals surface area (Å²) in [5.41, 5.74) is 4.80. The molecule has 0 spiro atoms. The molecule has 3 heterocycles. The summed E-state index contributed by atoms with van der Waals surface area (Å²) < 4.78 is 10.8. The van der Waals surface area contributed by atoms with Crippen molar-refractivity contribution in [1.29, 1.82) is 0 Å². The average molecular weight is 383 g/mol. The second-order valence-corrected chi connectivity index (χ2v) is 7.62. The van der Waals surface area contributed by atoms with E-state index in [-0.39, 0.29) is 0 Å². The summed E-state index contributed by atoms with van der Waals surface area (Å²) in [7, 11) is 1.66. The lowest BCUT2D eigenvalue weighted by atomic mass is 9.95. The highest BCUT2D eigenvalue weighted by molar-refractivity contribution is 5.37. The number of aryl methyl sites for hydroxylation is 2. The molecule has 1 unspecified atom stereocenters. The van der Waals surface area contributed by atoms with Crippen LogP contribution in [0.3, 0.4) is 0 Å². The van der Waals surface area contributed by atoms with E-state index in [9.17, 15) is 0 Å². The molecule has 0 aromatic carbocycles. The van der Waals surface area contributed by atoms with Gasteiger partial charge in [-0.05, 0) is 44.6 Å². The van der Waals surface area contributed by atoms with Gasteiger partial charge in [-0.2, -0.15) is 0 Å². The molecule has 7 heteroatoms. The molecule has 1 aliphatic heterocycles. The minimum Gasteiger partial charge on any atom is -0.381 e. The van der Waals surface area contributed by atoms with Gasteiger partial charge in [0.15, 0.2) is 5.82 Å². The Morgan fingerprint density at radius 2 is 2.04 bits per heavy atom. The van der Waals surface area contributed by atoms with Gasteiger partial charge in [0.25, 0.3) is 0 Å². The van der Waals surface area contributed by atoms with Crippen LogP contribution in [0.4, 0.5) is 5.82 Å². The lowest BCUT2D eigenvalue weighted by molar-refractivity contribution is 0.177. The van der Waals surface area contributed by atoms with Crippen molar-refractivity contribution in [3.05, 3.63) is 40.4 Å². The Morgan fingerprint density at radius 1 is 1.14 bits per heavy atom. The number of fused-ring (bicyclic) bond motifs is 1. The Balaban J connectivity index is 1.43. The minimum atomic E-state index is 0.339. The van der Waals surface area contributed by atoms with Gasteiger partial charge in [-0.1, -0.05) is 0 Å². The third-order valence-corrected chi connectivity index (χ3v) is 5.50. The zero-order chi connectivity index (χ0) is 19.3. The third-order valence-electron chi connectivity index (χ3n) is 5.50. The van der Waals surface area contributed by atoms with Crippen LogP contribution >= 0.6 is 0 Å². The van der Waals surface area contributed by atoms with Crippen LogP contribution in [-0.4, -0.2) is 46.8 Å². The van der Waals surface area contributed by atoms with Crippen LogP contribution in [0, 0.1) is 6.92 Å². The number of hydrogen-bond donors (Lipinski definition) is 1. The molecule has 1 fully saturated rings. The monoisotopic (exact) mass is 383 g/mol. The molecule has 28 heavy (non-hydrogen) atoms. The number of nitrogens with one attached hydrogen (secondary N) is 1. The van der Waals surface area contributed by atoms with Crippen molar-refractivity contribution in [3.63, 3.8) is 0 Å². The zero-order valence-electron chi connectivity index (χ0n) is 16.8. The Morgan fingerprint density at radius 3 is 2.86 bits per heavy atom. The molecule has 4 rings (SSSR count). The molecule has 1 N–H and O–H groups in total. The highest BCUT2D eigenvalue weighted by Gasteiger charge is 2.21. The zero-order valence-corrected chi connectivity index (χ0v) is 16.8. The first-order chi connectivity index (χ1) is 13.7. The van der Waals surface area contributed by atoms with Crippen LogP contribution in [0.25, 0.3) is 0 Å². The molecule has 2 aromatic heterocycles. The van der Waals surface area contributed by atoms with Gasteiger partial charge < -0.3 is 14.8 Å². The number of nitrogens with zero attached hydrogens (tertiary/aromatic N) is 4. The van der Waals surface area contributed by atoms with Crippen LogP contribution in [-0.2, 0) is 35.3 Å². The van der Waals surface area contributed by atoms with Gasteiger partial charge in [-0.3, -0.25) is 0 Å². The first-order valence-electron chi connectivity index (χ1n) is 10.3. The Labute approximate surface area is 166 Å². The van der Waals surface area contributed by atoms with E-state index >= 15 is 0 Å². The summed E-state index contributed by atoms with van der Waals surface area (Å²) in [5.74, 6) is 2.79. The first-order valence-corrected chi connectivity index (χ1v) is 10.3. The van der Waals surface area contributed by atoms with E-state index in [0.717, 1.165) is 68.5 Å². The van der Waals surface area contributed by atoms with E-state index in [1.54, 1.807) is 7.11 Å². The summed E-state index contributed by atoms with van der Waals surface area (Å²) in [6.07, 6.45) is 6.47. The SMILES string of the molecule is COCc1nc(NCCc2nc(C)c3c(n2)CCCC3)cc(C2CCOC2)n1. The molecule has 0 saturated carbocycles. The molecule has 1 saturated heterocycles. The van der Waals surface area contributed by atoms with Gasteiger partial charge in [0.05, 0.1) is 12.3 Å². The van der Waals surface area contributed by atoms with E-state index in [1.165, 1.54) is 24.1 Å². The summed E-state index contributed by atoms with van der Waals surface area (Å²) in [6, 6.07) is 2.04. The van der Waals surface area contributed by atoms with Crippen LogP contribution in [0.2, 0.25) is 0 Å². The number of rotatable bonds is 7. The van der Waals surface area contributed by atoms with Gasteiger partial charge in [-0.15, -0.1) is 0 Å². The smallest absolute Gasteiger partial charge is 0.156 e. The Bertz CT molecular complexity index is 821. The Kier molecular flexibility index (Phi) is 6.12. The van der Waals surface area contributed by atoms with Crippen molar-refractivity contribution in [2.24, 2.45) is 0 Å². The van der Waals surface area contributed by atoms with E-state index in [0.29, 0.717) is 18.3 Å². The molecule has 1 aliphatic carbocycles. The molecule has 0 amide bonds. The van der Waals surface area contributed by atoms with Crippen molar-refractivity contribution in [1.82, 2.24) is 19.9 Å². The molecule has 2 aliphatic rings. The summed E-state index contributed by atoms with van der Waals surface area (Å²) >= 11 is 0. The predicted octanol–water partition coefficient (Wildman–Crippen LogP) is 2.76. The summed E-state index contributed by atoms with van der Waals surface area (Å²) in [5, 5.41) is 3.43. The summed E-state index contributed by atoms with van der Waals surface area (Å²) in [6.45, 7) is 4.78. The largest absolute Gasteiger partial charge is 0.381 e. The molecular weight excluding hydrogens is 354 g/mol. The molecule has 150 valence electrons. The topological polar surface area (TPSA) is 82.0 Å². The van der Waals surface area contributed by atoms with Crippen molar-refractivity contribution < 1.29 is 9.47 Å². The minimum absolute atomic E-state index is 0.339. The molecule has 7 nitrogen and oxygen atoms in total. The maximum absolute atomic E-state index is 5.52. The maximum Gasteiger partial charge on any atom is 0.156 e. The number of ether oxygens (including phenoxy) is 2. The highest BCUT2D eigenvalue weighted by atomic mass is 16.5. The normalized spacial score (nSPS) is 18.9. The van der Waals surface area contributed by atoms with Crippen molar-refractivity contribution >= 4 is 5.82 Å². The van der Waals surface area contributed by atoms with E-state index in [4.69, 9.17) is 19.4 Å². The van der Waals surface area contributed by atoms with Crippen molar-refractivity contribution in [3.8, 4) is 0 Å². The fourth-order valence-corrected chi connectivity index (χ4v) is 4.04. The van der Waals surface area contributed by atoms with Crippen molar-refractivity contribution in [2.45, 2.75) is 58.0 Å². The second-order valence-electron chi connectivity index (χ2n) is 7.62. The van der Waals surface area contributed by atoms with Gasteiger partial charge in [0.2, 0.25) is 0 Å². The van der Waals surface area contributed by atoms with Gasteiger partial charge in [0, 0.05) is 50.1 Å². The fourth-order valence-electron chi connectivity index (χ4n) is 4.04. The molecule has 2 aromatic rings. The predicted molar refractivity (Wildman–Crippen MR) is 107 cm³/mol. The first kappa shape index (κ1) is 19.2. The number of methoxy groups -OCH3 is 1. The standard InChI is InChI=1S/C21H29N5O2/c1-14-16-5-3-4-6-17(16)24-19(23-14)7-9-22-20-11-18(15-8-10-28-12-15)25-21(26-20)13-27-2/h11,15H,3-10,12-13H2,1-2H3,(H,22,25,26). The number of hydrogen-bond acceptors (Lipinski definition) is 7. The maximum atomic E-state index is 5.52. The van der Waals surface area contributed by atoms with Crippen LogP contribution in [0.15, 0.2) is 6.07 Å². The van der Waals surface area contributed by atoms with E-state index in [1.807, 2.05) is 6.07 Å². The molecule has 1 atom stereocenters. The quantitative estimate of drug-likeness (QED) is 0.787. The fraction of sp³-hybridized carbons (Fsp3) is 0.619. The average Bonchev–Trinajstić information content (AvgIpc) is 3.23.